The monoisotopic (exact) mass is 386 g/mol. The molecular formula is C19H18N2O3S2. The van der Waals surface area contributed by atoms with Crippen LogP contribution in [-0.4, -0.2) is 29.2 Å². The molecule has 0 atom stereocenters. The lowest BCUT2D eigenvalue weighted by Gasteiger charge is -2.02. The Balaban J connectivity index is 1.58. The minimum Gasteiger partial charge on any atom is -0.462 e. The van der Waals surface area contributed by atoms with Gasteiger partial charge in [0, 0.05) is 5.75 Å². The average molecular weight is 386 g/mol. The van der Waals surface area contributed by atoms with Gasteiger partial charge in [0.1, 0.15) is 0 Å². The second-order valence-electron chi connectivity index (χ2n) is 5.45. The van der Waals surface area contributed by atoms with Crippen LogP contribution in [0.3, 0.4) is 0 Å². The van der Waals surface area contributed by atoms with Gasteiger partial charge in [-0.3, -0.25) is 4.79 Å². The number of ether oxygens (including phenoxy) is 1. The van der Waals surface area contributed by atoms with Crippen molar-refractivity contribution in [3.05, 3.63) is 59.7 Å². The Hall–Kier alpha value is -2.38. The lowest BCUT2D eigenvalue weighted by molar-refractivity contribution is -0.113. The molecule has 0 aliphatic rings. The maximum Gasteiger partial charge on any atom is 0.338 e. The van der Waals surface area contributed by atoms with E-state index in [-0.39, 0.29) is 11.9 Å². The van der Waals surface area contributed by atoms with Crippen LogP contribution in [0.1, 0.15) is 22.8 Å². The van der Waals surface area contributed by atoms with Crippen molar-refractivity contribution in [3.63, 3.8) is 0 Å². The normalized spacial score (nSPS) is 10.7. The van der Waals surface area contributed by atoms with Crippen LogP contribution in [0.4, 0.5) is 5.13 Å². The number of nitrogens with one attached hydrogen (secondary N) is 1. The Labute approximate surface area is 159 Å². The van der Waals surface area contributed by atoms with E-state index in [1.54, 1.807) is 36.9 Å². The molecule has 3 rings (SSSR count). The van der Waals surface area contributed by atoms with Crippen LogP contribution >= 0.6 is 23.1 Å². The number of thioether (sulfide) groups is 1. The van der Waals surface area contributed by atoms with Crippen LogP contribution in [0.2, 0.25) is 0 Å². The molecule has 1 amide bonds. The highest BCUT2D eigenvalue weighted by atomic mass is 32.2. The minimum absolute atomic E-state index is 0.0874. The molecule has 0 aliphatic carbocycles. The van der Waals surface area contributed by atoms with Gasteiger partial charge in [-0.1, -0.05) is 41.7 Å². The fraction of sp³-hybridized carbons (Fsp3) is 0.211. The molecule has 2 aromatic carbocycles. The summed E-state index contributed by atoms with van der Waals surface area (Å²) in [6.07, 6.45) is 0. The van der Waals surface area contributed by atoms with E-state index in [0.717, 1.165) is 16.0 Å². The molecule has 0 aliphatic heterocycles. The van der Waals surface area contributed by atoms with Crippen LogP contribution < -0.4 is 5.32 Å². The quantitative estimate of drug-likeness (QED) is 0.612. The Morgan fingerprint density at radius 3 is 2.77 bits per heavy atom. The third-order valence-corrected chi connectivity index (χ3v) is 5.43. The molecule has 3 aromatic rings. The molecule has 7 heteroatoms. The molecule has 5 nitrogen and oxygen atoms in total. The van der Waals surface area contributed by atoms with E-state index < -0.39 is 0 Å². The van der Waals surface area contributed by atoms with Crippen molar-refractivity contribution in [1.82, 2.24) is 4.98 Å². The molecule has 0 bridgehead atoms. The van der Waals surface area contributed by atoms with Gasteiger partial charge in [0.05, 0.1) is 28.1 Å². The van der Waals surface area contributed by atoms with E-state index in [1.807, 2.05) is 30.3 Å². The molecule has 26 heavy (non-hydrogen) atoms. The second kappa shape index (κ2) is 8.82. The van der Waals surface area contributed by atoms with E-state index in [0.29, 0.717) is 23.1 Å². The predicted octanol–water partition coefficient (Wildman–Crippen LogP) is 4.34. The third-order valence-electron chi connectivity index (χ3n) is 3.49. The van der Waals surface area contributed by atoms with Crippen molar-refractivity contribution >= 4 is 50.3 Å². The van der Waals surface area contributed by atoms with Crippen molar-refractivity contribution in [2.45, 2.75) is 12.7 Å². The summed E-state index contributed by atoms with van der Waals surface area (Å²) >= 11 is 2.90. The number of thiazole rings is 1. The van der Waals surface area contributed by atoms with Crippen molar-refractivity contribution in [2.75, 3.05) is 17.7 Å². The fourth-order valence-corrected chi connectivity index (χ4v) is 4.02. The number of rotatable bonds is 7. The Morgan fingerprint density at radius 1 is 1.19 bits per heavy atom. The summed E-state index contributed by atoms with van der Waals surface area (Å²) < 4.78 is 5.84. The summed E-state index contributed by atoms with van der Waals surface area (Å²) in [5, 5.41) is 3.36. The maximum absolute atomic E-state index is 12.1. The number of hydrogen-bond acceptors (Lipinski definition) is 6. The first kappa shape index (κ1) is 18.4. The van der Waals surface area contributed by atoms with E-state index in [4.69, 9.17) is 4.74 Å². The number of aromatic nitrogens is 1. The lowest BCUT2D eigenvalue weighted by atomic mass is 10.2. The molecule has 0 unspecified atom stereocenters. The SMILES string of the molecule is CCOC(=O)c1ccc2nc(NC(=O)CSCc3ccccc3)sc2c1. The van der Waals surface area contributed by atoms with Crippen LogP contribution in [0.5, 0.6) is 0 Å². The topological polar surface area (TPSA) is 68.3 Å². The fourth-order valence-electron chi connectivity index (χ4n) is 2.31. The average Bonchev–Trinajstić information content (AvgIpc) is 3.04. The van der Waals surface area contributed by atoms with Crippen molar-refractivity contribution in [2.24, 2.45) is 0 Å². The first-order valence-electron chi connectivity index (χ1n) is 8.15. The van der Waals surface area contributed by atoms with E-state index in [1.165, 1.54) is 16.9 Å². The molecule has 1 heterocycles. The molecule has 134 valence electrons. The van der Waals surface area contributed by atoms with Gasteiger partial charge in [0.15, 0.2) is 5.13 Å². The van der Waals surface area contributed by atoms with Gasteiger partial charge in [0.25, 0.3) is 0 Å². The van der Waals surface area contributed by atoms with Gasteiger partial charge in [-0.2, -0.15) is 0 Å². The van der Waals surface area contributed by atoms with E-state index >= 15 is 0 Å². The molecule has 0 radical (unpaired) electrons. The van der Waals surface area contributed by atoms with Crippen LogP contribution in [0.25, 0.3) is 10.2 Å². The maximum atomic E-state index is 12.1. The largest absolute Gasteiger partial charge is 0.462 e. The van der Waals surface area contributed by atoms with Crippen LogP contribution in [0.15, 0.2) is 48.5 Å². The molecule has 0 saturated carbocycles. The first-order valence-corrected chi connectivity index (χ1v) is 10.1. The van der Waals surface area contributed by atoms with Crippen molar-refractivity contribution in [1.29, 1.82) is 0 Å². The van der Waals surface area contributed by atoms with Crippen LogP contribution in [-0.2, 0) is 15.3 Å². The Bertz CT molecular complexity index is 910. The standard InChI is InChI=1S/C19H18N2O3S2/c1-2-24-18(23)14-8-9-15-16(10-14)26-19(20-15)21-17(22)12-25-11-13-6-4-3-5-7-13/h3-10H,2,11-12H2,1H3,(H,20,21,22). The van der Waals surface area contributed by atoms with Gasteiger partial charge in [0.2, 0.25) is 5.91 Å². The van der Waals surface area contributed by atoms with E-state index in [9.17, 15) is 9.59 Å². The number of carbonyl (C=O) groups excluding carboxylic acids is 2. The molecule has 0 saturated heterocycles. The van der Waals surface area contributed by atoms with Gasteiger partial charge < -0.3 is 10.1 Å². The van der Waals surface area contributed by atoms with Crippen LogP contribution in [0, 0.1) is 0 Å². The highest BCUT2D eigenvalue weighted by Crippen LogP contribution is 2.27. The van der Waals surface area contributed by atoms with Gasteiger partial charge in [-0.25, -0.2) is 9.78 Å². The summed E-state index contributed by atoms with van der Waals surface area (Å²) in [5.74, 6) is 0.705. The number of esters is 1. The van der Waals surface area contributed by atoms with Crippen molar-refractivity contribution < 1.29 is 14.3 Å². The predicted molar refractivity (Wildman–Crippen MR) is 107 cm³/mol. The highest BCUT2D eigenvalue weighted by molar-refractivity contribution is 7.99. The Morgan fingerprint density at radius 2 is 2.00 bits per heavy atom. The molecular weight excluding hydrogens is 368 g/mol. The summed E-state index contributed by atoms with van der Waals surface area (Å²) in [5.41, 5.74) is 2.42. The zero-order valence-corrected chi connectivity index (χ0v) is 15.9. The minimum atomic E-state index is -0.356. The second-order valence-corrected chi connectivity index (χ2v) is 7.46. The third kappa shape index (κ3) is 4.83. The zero-order chi connectivity index (χ0) is 18.4. The lowest BCUT2D eigenvalue weighted by Crippen LogP contribution is -2.13. The van der Waals surface area contributed by atoms with Gasteiger partial charge in [-0.15, -0.1) is 11.8 Å². The first-order chi connectivity index (χ1) is 12.7. The molecule has 0 spiro atoms. The molecule has 0 fully saturated rings. The summed E-state index contributed by atoms with van der Waals surface area (Å²) in [6.45, 7) is 2.11. The summed E-state index contributed by atoms with van der Waals surface area (Å²) in [4.78, 5) is 28.3. The van der Waals surface area contributed by atoms with Gasteiger partial charge >= 0.3 is 5.97 Å². The number of fused-ring (bicyclic) bond motifs is 1. The number of amides is 1. The zero-order valence-electron chi connectivity index (χ0n) is 14.2. The summed E-state index contributed by atoms with van der Waals surface area (Å²) in [7, 11) is 0. The van der Waals surface area contributed by atoms with E-state index in [2.05, 4.69) is 10.3 Å². The smallest absolute Gasteiger partial charge is 0.338 e. The number of hydrogen-bond donors (Lipinski definition) is 1. The molecule has 1 N–H and O–H groups in total. The van der Waals surface area contributed by atoms with Gasteiger partial charge in [-0.05, 0) is 30.7 Å². The molecule has 1 aromatic heterocycles. The number of nitrogens with zero attached hydrogens (tertiary/aromatic N) is 1. The summed E-state index contributed by atoms with van der Waals surface area (Å²) in [6, 6.07) is 15.2. The number of carbonyl (C=O) groups is 2. The number of benzene rings is 2. The Kier molecular flexibility index (Phi) is 6.25. The highest BCUT2D eigenvalue weighted by Gasteiger charge is 2.12. The van der Waals surface area contributed by atoms with Crippen molar-refractivity contribution in [3.8, 4) is 0 Å². The number of anilines is 1.